The number of Topliss-reactive ketones (excluding diaryl/α,β-unsaturated/α-hetero) is 1. The van der Waals surface area contributed by atoms with Gasteiger partial charge in [-0.3, -0.25) is 14.5 Å². The number of imide groups is 1. The van der Waals surface area contributed by atoms with Crippen molar-refractivity contribution < 1.29 is 14.4 Å². The van der Waals surface area contributed by atoms with Crippen molar-refractivity contribution in [1.82, 2.24) is 9.80 Å². The molecule has 0 unspecified atom stereocenters. The number of carbonyl (C=O) groups is 3. The standard InChI is InChI=1S/C13H14N2O3/c1-9-5-3-4-6-10(9)11(16)7-15-12(17)8-14(2)13(15)18/h3-6H,7-8H2,1-2H3. The van der Waals surface area contributed by atoms with Crippen molar-refractivity contribution in [3.8, 4) is 0 Å². The number of rotatable bonds is 3. The second kappa shape index (κ2) is 4.60. The number of hydrogen-bond donors (Lipinski definition) is 0. The van der Waals surface area contributed by atoms with E-state index in [2.05, 4.69) is 0 Å². The van der Waals surface area contributed by atoms with Crippen LogP contribution in [0.5, 0.6) is 0 Å². The molecule has 3 amide bonds. The van der Waals surface area contributed by atoms with E-state index in [0.29, 0.717) is 5.56 Å². The summed E-state index contributed by atoms with van der Waals surface area (Å²) in [5.41, 5.74) is 1.39. The summed E-state index contributed by atoms with van der Waals surface area (Å²) in [6, 6.07) is 6.72. The highest BCUT2D eigenvalue weighted by Crippen LogP contribution is 2.12. The molecule has 0 aliphatic carbocycles. The maximum Gasteiger partial charge on any atom is 0.327 e. The molecule has 94 valence electrons. The minimum Gasteiger partial charge on any atom is -0.318 e. The summed E-state index contributed by atoms with van der Waals surface area (Å²) in [7, 11) is 1.54. The molecule has 0 saturated carbocycles. The predicted molar refractivity (Wildman–Crippen MR) is 65.2 cm³/mol. The fourth-order valence-electron chi connectivity index (χ4n) is 1.94. The molecule has 0 N–H and O–H groups in total. The average molecular weight is 246 g/mol. The van der Waals surface area contributed by atoms with Crippen LogP contribution in [0.3, 0.4) is 0 Å². The second-order valence-electron chi connectivity index (χ2n) is 4.36. The first-order valence-electron chi connectivity index (χ1n) is 5.65. The Hall–Kier alpha value is -2.17. The van der Waals surface area contributed by atoms with Crippen LogP contribution < -0.4 is 0 Å². The maximum atomic E-state index is 12.1. The fraction of sp³-hybridized carbons (Fsp3) is 0.308. The molecule has 1 aromatic rings. The molecule has 1 heterocycles. The largest absolute Gasteiger partial charge is 0.327 e. The topological polar surface area (TPSA) is 57.7 Å². The van der Waals surface area contributed by atoms with Gasteiger partial charge in [0.05, 0.1) is 6.54 Å². The highest BCUT2D eigenvalue weighted by atomic mass is 16.2. The Morgan fingerprint density at radius 3 is 2.50 bits per heavy atom. The summed E-state index contributed by atoms with van der Waals surface area (Å²) in [6.07, 6.45) is 0. The van der Waals surface area contributed by atoms with Gasteiger partial charge in [-0.1, -0.05) is 24.3 Å². The van der Waals surface area contributed by atoms with Gasteiger partial charge >= 0.3 is 6.03 Å². The van der Waals surface area contributed by atoms with Crippen molar-refractivity contribution >= 4 is 17.7 Å². The molecule has 1 saturated heterocycles. The zero-order valence-corrected chi connectivity index (χ0v) is 10.3. The molecule has 1 aliphatic heterocycles. The summed E-state index contributed by atoms with van der Waals surface area (Å²) in [6.45, 7) is 1.68. The van der Waals surface area contributed by atoms with Crippen LogP contribution >= 0.6 is 0 Å². The average Bonchev–Trinajstić information content (AvgIpc) is 2.56. The van der Waals surface area contributed by atoms with Crippen LogP contribution in [0.4, 0.5) is 4.79 Å². The number of hydrogen-bond acceptors (Lipinski definition) is 3. The van der Waals surface area contributed by atoms with Crippen LogP contribution in [-0.4, -0.2) is 47.7 Å². The quantitative estimate of drug-likeness (QED) is 0.592. The van der Waals surface area contributed by atoms with Gasteiger partial charge in [-0.2, -0.15) is 0 Å². The Balaban J connectivity index is 2.16. The zero-order valence-electron chi connectivity index (χ0n) is 10.3. The van der Waals surface area contributed by atoms with Crippen LogP contribution in [0, 0.1) is 6.92 Å². The molecule has 0 bridgehead atoms. The third kappa shape index (κ3) is 2.11. The number of amides is 3. The van der Waals surface area contributed by atoms with Crippen molar-refractivity contribution in [2.75, 3.05) is 20.1 Å². The monoisotopic (exact) mass is 246 g/mol. The van der Waals surface area contributed by atoms with E-state index in [1.165, 1.54) is 4.90 Å². The van der Waals surface area contributed by atoms with Gasteiger partial charge in [-0.05, 0) is 12.5 Å². The number of carbonyl (C=O) groups excluding carboxylic acids is 3. The van der Waals surface area contributed by atoms with Crippen molar-refractivity contribution in [3.63, 3.8) is 0 Å². The Labute approximate surface area is 105 Å². The van der Waals surface area contributed by atoms with E-state index >= 15 is 0 Å². The third-order valence-corrected chi connectivity index (χ3v) is 2.98. The number of nitrogens with zero attached hydrogens (tertiary/aromatic N) is 2. The lowest BCUT2D eigenvalue weighted by atomic mass is 10.0. The second-order valence-corrected chi connectivity index (χ2v) is 4.36. The first-order chi connectivity index (χ1) is 8.50. The number of urea groups is 1. The van der Waals surface area contributed by atoms with Crippen LogP contribution in [0.2, 0.25) is 0 Å². The Bertz CT molecular complexity index is 525. The fourth-order valence-corrected chi connectivity index (χ4v) is 1.94. The lowest BCUT2D eigenvalue weighted by Gasteiger charge is -2.13. The molecular formula is C13H14N2O3. The van der Waals surface area contributed by atoms with E-state index in [1.807, 2.05) is 19.1 Å². The molecule has 18 heavy (non-hydrogen) atoms. The molecule has 5 nitrogen and oxygen atoms in total. The van der Waals surface area contributed by atoms with E-state index in [0.717, 1.165) is 10.5 Å². The third-order valence-electron chi connectivity index (χ3n) is 2.98. The highest BCUT2D eigenvalue weighted by molar-refractivity contribution is 6.08. The lowest BCUT2D eigenvalue weighted by molar-refractivity contribution is -0.125. The number of benzene rings is 1. The minimum absolute atomic E-state index is 0.0416. The molecule has 5 heteroatoms. The summed E-state index contributed by atoms with van der Waals surface area (Å²) in [5, 5.41) is 0. The van der Waals surface area contributed by atoms with Gasteiger partial charge in [0.1, 0.15) is 6.54 Å². The van der Waals surface area contributed by atoms with Gasteiger partial charge in [0, 0.05) is 12.6 Å². The van der Waals surface area contributed by atoms with Crippen LogP contribution in [0.1, 0.15) is 15.9 Å². The van der Waals surface area contributed by atoms with Gasteiger partial charge < -0.3 is 4.90 Å². The van der Waals surface area contributed by atoms with Crippen LogP contribution in [0.25, 0.3) is 0 Å². The van der Waals surface area contributed by atoms with Gasteiger partial charge in [0.15, 0.2) is 5.78 Å². The first kappa shape index (κ1) is 12.3. The van der Waals surface area contributed by atoms with Crippen molar-refractivity contribution in [1.29, 1.82) is 0 Å². The van der Waals surface area contributed by atoms with E-state index in [-0.39, 0.29) is 24.8 Å². The summed E-state index contributed by atoms with van der Waals surface area (Å²) < 4.78 is 0. The van der Waals surface area contributed by atoms with Crippen LogP contribution in [-0.2, 0) is 4.79 Å². The van der Waals surface area contributed by atoms with E-state index in [1.54, 1.807) is 19.2 Å². The number of likely N-dealkylation sites (N-methyl/N-ethyl adjacent to an activating group) is 1. The molecule has 2 rings (SSSR count). The number of aryl methyl sites for hydroxylation is 1. The molecule has 0 atom stereocenters. The van der Waals surface area contributed by atoms with E-state index in [9.17, 15) is 14.4 Å². The summed E-state index contributed by atoms with van der Waals surface area (Å²) >= 11 is 0. The van der Waals surface area contributed by atoms with E-state index in [4.69, 9.17) is 0 Å². The molecule has 0 aromatic heterocycles. The Kier molecular flexibility index (Phi) is 3.14. The van der Waals surface area contributed by atoms with Gasteiger partial charge in [-0.15, -0.1) is 0 Å². The maximum absolute atomic E-state index is 12.1. The van der Waals surface area contributed by atoms with Crippen LogP contribution in [0.15, 0.2) is 24.3 Å². The molecule has 0 radical (unpaired) electrons. The summed E-state index contributed by atoms with van der Waals surface area (Å²) in [4.78, 5) is 37.6. The minimum atomic E-state index is -0.415. The smallest absolute Gasteiger partial charge is 0.318 e. The zero-order chi connectivity index (χ0) is 13.3. The van der Waals surface area contributed by atoms with Gasteiger partial charge in [-0.25, -0.2) is 4.79 Å². The normalized spacial score (nSPS) is 15.4. The van der Waals surface area contributed by atoms with Crippen molar-refractivity contribution in [2.24, 2.45) is 0 Å². The molecular weight excluding hydrogens is 232 g/mol. The van der Waals surface area contributed by atoms with Gasteiger partial charge in [0.25, 0.3) is 5.91 Å². The molecule has 1 aliphatic rings. The lowest BCUT2D eigenvalue weighted by Crippen LogP contribution is -2.36. The SMILES string of the molecule is Cc1ccccc1C(=O)CN1C(=O)CN(C)C1=O. The Morgan fingerprint density at radius 2 is 1.94 bits per heavy atom. The molecule has 1 fully saturated rings. The summed E-state index contributed by atoms with van der Waals surface area (Å²) in [5.74, 6) is -0.547. The molecule has 1 aromatic carbocycles. The van der Waals surface area contributed by atoms with Crippen molar-refractivity contribution in [2.45, 2.75) is 6.92 Å². The Morgan fingerprint density at radius 1 is 1.28 bits per heavy atom. The molecule has 0 spiro atoms. The number of ketones is 1. The highest BCUT2D eigenvalue weighted by Gasteiger charge is 2.34. The van der Waals surface area contributed by atoms with E-state index < -0.39 is 6.03 Å². The van der Waals surface area contributed by atoms with Crippen molar-refractivity contribution in [3.05, 3.63) is 35.4 Å². The van der Waals surface area contributed by atoms with Gasteiger partial charge in [0.2, 0.25) is 0 Å². The first-order valence-corrected chi connectivity index (χ1v) is 5.65. The predicted octanol–water partition coefficient (Wildman–Crippen LogP) is 1.07.